The Morgan fingerprint density at radius 3 is 2.05 bits per heavy atom. The lowest BCUT2D eigenvalue weighted by molar-refractivity contribution is 0.110. The highest BCUT2D eigenvalue weighted by Gasteiger charge is 2.34. The van der Waals surface area contributed by atoms with Gasteiger partial charge < -0.3 is 23.7 Å². The van der Waals surface area contributed by atoms with E-state index in [1.54, 1.807) is 28.4 Å². The first-order valence-electron chi connectivity index (χ1n) is 7.17. The summed E-state index contributed by atoms with van der Waals surface area (Å²) in [5.74, 6) is 2.47. The molecule has 1 atom stereocenters. The van der Waals surface area contributed by atoms with Crippen LogP contribution >= 0.6 is 0 Å². The molecule has 0 amide bonds. The molecule has 0 spiro atoms. The molecule has 1 aromatic rings. The summed E-state index contributed by atoms with van der Waals surface area (Å²) < 4.78 is 28.4. The predicted molar refractivity (Wildman–Crippen MR) is 85.3 cm³/mol. The van der Waals surface area contributed by atoms with Gasteiger partial charge in [-0.3, -0.25) is 0 Å². The van der Waals surface area contributed by atoms with E-state index >= 15 is 0 Å². The zero-order valence-electron chi connectivity index (χ0n) is 14.3. The minimum Gasteiger partial charge on any atom is -0.492 e. The molecular formula is C17H24O5. The summed E-state index contributed by atoms with van der Waals surface area (Å²) in [6.45, 7) is 5.90. The van der Waals surface area contributed by atoms with E-state index in [1.807, 2.05) is 32.9 Å². The molecule has 0 N–H and O–H groups in total. The molecule has 0 fully saturated rings. The lowest BCUT2D eigenvalue weighted by Crippen LogP contribution is -2.28. The van der Waals surface area contributed by atoms with Crippen molar-refractivity contribution in [3.63, 3.8) is 0 Å². The Bertz CT molecular complexity index is 589. The summed E-state index contributed by atoms with van der Waals surface area (Å²) >= 11 is 0. The van der Waals surface area contributed by atoms with Crippen molar-refractivity contribution in [2.24, 2.45) is 0 Å². The molecule has 22 heavy (non-hydrogen) atoms. The first-order chi connectivity index (χ1) is 10.4. The minimum absolute atomic E-state index is 0.235. The molecule has 0 bridgehead atoms. The van der Waals surface area contributed by atoms with Crippen LogP contribution in [0.2, 0.25) is 0 Å². The number of fused-ring (bicyclic) bond motifs is 1. The highest BCUT2D eigenvalue weighted by molar-refractivity contribution is 5.77. The molecule has 5 nitrogen and oxygen atoms in total. The molecule has 0 saturated carbocycles. The van der Waals surface area contributed by atoms with E-state index < -0.39 is 5.60 Å². The molecule has 1 heterocycles. The standard InChI is InChI=1S/C17H24O5/c1-10(18-4)12-15(20-6)13(19-5)11-8-9-17(2,3)22-14(11)16(12)21-7/h8-10H,1-7H3. The number of ether oxygens (including phenoxy) is 5. The summed E-state index contributed by atoms with van der Waals surface area (Å²) in [5, 5.41) is 0. The molecule has 0 saturated heterocycles. The Kier molecular flexibility index (Phi) is 4.56. The van der Waals surface area contributed by atoms with Crippen molar-refractivity contribution in [2.75, 3.05) is 28.4 Å². The van der Waals surface area contributed by atoms with Crippen molar-refractivity contribution in [3.8, 4) is 23.0 Å². The van der Waals surface area contributed by atoms with E-state index in [-0.39, 0.29) is 6.10 Å². The molecule has 0 aromatic heterocycles. The van der Waals surface area contributed by atoms with Crippen LogP contribution in [0, 0.1) is 0 Å². The van der Waals surface area contributed by atoms with Gasteiger partial charge in [-0.05, 0) is 32.9 Å². The summed E-state index contributed by atoms with van der Waals surface area (Å²) in [6, 6.07) is 0. The van der Waals surface area contributed by atoms with Gasteiger partial charge in [0, 0.05) is 7.11 Å². The van der Waals surface area contributed by atoms with Crippen LogP contribution in [-0.4, -0.2) is 34.0 Å². The SMILES string of the molecule is COc1c2c(c(OC)c(C(C)OC)c1OC)OC(C)(C)C=C2. The molecule has 122 valence electrons. The number of hydrogen-bond donors (Lipinski definition) is 0. The quantitative estimate of drug-likeness (QED) is 0.831. The van der Waals surface area contributed by atoms with Crippen molar-refractivity contribution in [1.82, 2.24) is 0 Å². The topological polar surface area (TPSA) is 46.2 Å². The van der Waals surface area contributed by atoms with Crippen molar-refractivity contribution in [2.45, 2.75) is 32.5 Å². The van der Waals surface area contributed by atoms with Crippen molar-refractivity contribution in [3.05, 3.63) is 17.2 Å². The maximum absolute atomic E-state index is 6.12. The molecule has 5 heteroatoms. The van der Waals surface area contributed by atoms with Gasteiger partial charge in [0.2, 0.25) is 0 Å². The highest BCUT2D eigenvalue weighted by Crippen LogP contribution is 2.54. The first kappa shape index (κ1) is 16.5. The maximum Gasteiger partial charge on any atom is 0.174 e. The van der Waals surface area contributed by atoms with Crippen LogP contribution in [0.15, 0.2) is 6.08 Å². The van der Waals surface area contributed by atoms with Crippen molar-refractivity contribution < 1.29 is 23.7 Å². The first-order valence-corrected chi connectivity index (χ1v) is 7.17. The van der Waals surface area contributed by atoms with Crippen LogP contribution in [0.5, 0.6) is 23.0 Å². The second-order valence-electron chi connectivity index (χ2n) is 5.67. The summed E-state index contributed by atoms with van der Waals surface area (Å²) in [7, 11) is 6.47. The maximum atomic E-state index is 6.12. The monoisotopic (exact) mass is 308 g/mol. The van der Waals surface area contributed by atoms with Gasteiger partial charge in [0.1, 0.15) is 5.60 Å². The molecule has 1 aliphatic heterocycles. The van der Waals surface area contributed by atoms with Gasteiger partial charge in [0.25, 0.3) is 0 Å². The van der Waals surface area contributed by atoms with Crippen LogP contribution in [0.3, 0.4) is 0 Å². The van der Waals surface area contributed by atoms with E-state index in [9.17, 15) is 0 Å². The zero-order valence-corrected chi connectivity index (χ0v) is 14.3. The normalized spacial score (nSPS) is 16.5. The number of methoxy groups -OCH3 is 4. The van der Waals surface area contributed by atoms with Gasteiger partial charge >= 0.3 is 0 Å². The fraction of sp³-hybridized carbons (Fsp3) is 0.529. The Balaban J connectivity index is 2.84. The van der Waals surface area contributed by atoms with E-state index in [2.05, 4.69) is 0 Å². The second-order valence-corrected chi connectivity index (χ2v) is 5.67. The number of rotatable bonds is 5. The fourth-order valence-electron chi connectivity index (χ4n) is 2.62. The Labute approximate surface area is 131 Å². The molecular weight excluding hydrogens is 284 g/mol. The van der Waals surface area contributed by atoms with E-state index in [4.69, 9.17) is 23.7 Å². The third-order valence-electron chi connectivity index (χ3n) is 3.78. The fourth-order valence-corrected chi connectivity index (χ4v) is 2.62. The molecule has 2 rings (SSSR count). The Morgan fingerprint density at radius 1 is 0.955 bits per heavy atom. The third kappa shape index (κ3) is 2.61. The molecule has 0 aliphatic carbocycles. The Hall–Kier alpha value is -1.88. The Morgan fingerprint density at radius 2 is 1.55 bits per heavy atom. The van der Waals surface area contributed by atoms with Gasteiger partial charge in [0.15, 0.2) is 23.0 Å². The lowest BCUT2D eigenvalue weighted by atomic mass is 9.96. The zero-order chi connectivity index (χ0) is 16.5. The summed E-state index contributed by atoms with van der Waals surface area (Å²) in [4.78, 5) is 0. The van der Waals surface area contributed by atoms with Gasteiger partial charge in [0.05, 0.1) is 38.6 Å². The average molecular weight is 308 g/mol. The lowest BCUT2D eigenvalue weighted by Gasteiger charge is -2.32. The summed E-state index contributed by atoms with van der Waals surface area (Å²) in [6.07, 6.45) is 3.72. The molecule has 1 unspecified atom stereocenters. The number of benzene rings is 1. The van der Waals surface area contributed by atoms with Gasteiger partial charge in [-0.2, -0.15) is 0 Å². The second kappa shape index (κ2) is 6.08. The van der Waals surface area contributed by atoms with E-state index in [0.717, 1.165) is 11.1 Å². The van der Waals surface area contributed by atoms with Crippen molar-refractivity contribution in [1.29, 1.82) is 0 Å². The minimum atomic E-state index is -0.423. The third-order valence-corrected chi connectivity index (χ3v) is 3.78. The van der Waals surface area contributed by atoms with Crippen LogP contribution in [0.25, 0.3) is 6.08 Å². The van der Waals surface area contributed by atoms with Crippen LogP contribution in [-0.2, 0) is 4.74 Å². The van der Waals surface area contributed by atoms with E-state index in [0.29, 0.717) is 23.0 Å². The number of hydrogen-bond acceptors (Lipinski definition) is 5. The highest BCUT2D eigenvalue weighted by atomic mass is 16.5. The largest absolute Gasteiger partial charge is 0.492 e. The van der Waals surface area contributed by atoms with Gasteiger partial charge in [-0.1, -0.05) is 0 Å². The average Bonchev–Trinajstić information content (AvgIpc) is 2.50. The van der Waals surface area contributed by atoms with Gasteiger partial charge in [-0.25, -0.2) is 0 Å². The molecule has 0 radical (unpaired) electrons. The van der Waals surface area contributed by atoms with Crippen molar-refractivity contribution >= 4 is 6.08 Å². The van der Waals surface area contributed by atoms with Crippen LogP contribution in [0.1, 0.15) is 38.0 Å². The molecule has 1 aliphatic rings. The van der Waals surface area contributed by atoms with Crippen LogP contribution in [0.4, 0.5) is 0 Å². The summed E-state index contributed by atoms with van der Waals surface area (Å²) in [5.41, 5.74) is 1.16. The van der Waals surface area contributed by atoms with Crippen LogP contribution < -0.4 is 18.9 Å². The van der Waals surface area contributed by atoms with Gasteiger partial charge in [-0.15, -0.1) is 0 Å². The smallest absolute Gasteiger partial charge is 0.174 e. The molecule has 1 aromatic carbocycles. The predicted octanol–water partition coefficient (Wildman–Crippen LogP) is 3.60. The van der Waals surface area contributed by atoms with E-state index in [1.165, 1.54) is 0 Å².